The summed E-state index contributed by atoms with van der Waals surface area (Å²) in [5.74, 6) is 1.59. The van der Waals surface area contributed by atoms with E-state index in [9.17, 15) is 4.79 Å². The van der Waals surface area contributed by atoms with Gasteiger partial charge in [-0.2, -0.15) is 0 Å². The molecule has 0 fully saturated rings. The van der Waals surface area contributed by atoms with E-state index in [2.05, 4.69) is 11.2 Å². The maximum Gasteiger partial charge on any atom is 0.337 e. The second-order valence-corrected chi connectivity index (χ2v) is 4.08. The van der Waals surface area contributed by atoms with Crippen molar-refractivity contribution in [3.63, 3.8) is 0 Å². The van der Waals surface area contributed by atoms with Crippen LogP contribution in [-0.4, -0.2) is 17.1 Å². The second kappa shape index (κ2) is 6.17. The lowest BCUT2D eigenvalue weighted by Gasteiger charge is -2.15. The van der Waals surface area contributed by atoms with Crippen molar-refractivity contribution in [1.29, 1.82) is 0 Å². The predicted molar refractivity (Wildman–Crippen MR) is 69.6 cm³/mol. The largest absolute Gasteiger partial charge is 0.478 e. The SMILES string of the molecule is C#CC(CCC)Nc1cc(Cl)ccc1C(=O)O. The Balaban J connectivity index is 2.99. The van der Waals surface area contributed by atoms with Crippen molar-refractivity contribution in [2.75, 3.05) is 5.32 Å². The molecule has 0 bridgehead atoms. The third kappa shape index (κ3) is 3.69. The summed E-state index contributed by atoms with van der Waals surface area (Å²) in [6.45, 7) is 2.02. The lowest BCUT2D eigenvalue weighted by molar-refractivity contribution is 0.0698. The van der Waals surface area contributed by atoms with Gasteiger partial charge in [0.25, 0.3) is 0 Å². The van der Waals surface area contributed by atoms with Gasteiger partial charge in [-0.1, -0.05) is 30.9 Å². The van der Waals surface area contributed by atoms with Crippen molar-refractivity contribution >= 4 is 23.3 Å². The molecule has 0 aromatic heterocycles. The van der Waals surface area contributed by atoms with Gasteiger partial charge in [0.05, 0.1) is 17.3 Å². The number of carboxylic acid groups (broad SMARTS) is 1. The quantitative estimate of drug-likeness (QED) is 0.790. The number of benzene rings is 1. The summed E-state index contributed by atoms with van der Waals surface area (Å²) in [6.07, 6.45) is 7.08. The van der Waals surface area contributed by atoms with E-state index >= 15 is 0 Å². The molecule has 1 unspecified atom stereocenters. The van der Waals surface area contributed by atoms with Crippen LogP contribution in [0.4, 0.5) is 5.69 Å². The highest BCUT2D eigenvalue weighted by atomic mass is 35.5. The Morgan fingerprint density at radius 1 is 1.65 bits per heavy atom. The molecule has 0 heterocycles. The molecule has 1 rings (SSSR count). The van der Waals surface area contributed by atoms with Crippen molar-refractivity contribution in [3.8, 4) is 12.3 Å². The summed E-state index contributed by atoms with van der Waals surface area (Å²) in [5, 5.41) is 12.5. The summed E-state index contributed by atoms with van der Waals surface area (Å²) >= 11 is 5.84. The first-order valence-electron chi connectivity index (χ1n) is 5.34. The average Bonchev–Trinajstić information content (AvgIpc) is 2.28. The zero-order valence-electron chi connectivity index (χ0n) is 9.53. The molecule has 0 aliphatic carbocycles. The van der Waals surface area contributed by atoms with Crippen LogP contribution in [-0.2, 0) is 0 Å². The topological polar surface area (TPSA) is 49.3 Å². The van der Waals surface area contributed by atoms with E-state index < -0.39 is 5.97 Å². The fraction of sp³-hybridized carbons (Fsp3) is 0.308. The van der Waals surface area contributed by atoms with E-state index in [-0.39, 0.29) is 11.6 Å². The molecule has 90 valence electrons. The molecule has 0 spiro atoms. The maximum absolute atomic E-state index is 11.0. The highest BCUT2D eigenvalue weighted by Gasteiger charge is 2.13. The molecule has 17 heavy (non-hydrogen) atoms. The molecule has 1 aromatic rings. The zero-order chi connectivity index (χ0) is 12.8. The maximum atomic E-state index is 11.0. The Kier molecular flexibility index (Phi) is 4.86. The fourth-order valence-electron chi connectivity index (χ4n) is 1.50. The van der Waals surface area contributed by atoms with Gasteiger partial charge in [-0.3, -0.25) is 0 Å². The molecule has 0 saturated carbocycles. The highest BCUT2D eigenvalue weighted by molar-refractivity contribution is 6.31. The van der Waals surface area contributed by atoms with Gasteiger partial charge in [0.2, 0.25) is 0 Å². The minimum absolute atomic E-state index is 0.172. The van der Waals surface area contributed by atoms with E-state index in [1.807, 2.05) is 6.92 Å². The van der Waals surface area contributed by atoms with Crippen LogP contribution in [0.25, 0.3) is 0 Å². The minimum Gasteiger partial charge on any atom is -0.478 e. The first-order valence-corrected chi connectivity index (χ1v) is 5.71. The number of carbonyl (C=O) groups is 1. The van der Waals surface area contributed by atoms with Crippen molar-refractivity contribution in [2.45, 2.75) is 25.8 Å². The molecule has 0 aliphatic rings. The van der Waals surface area contributed by atoms with Crippen molar-refractivity contribution < 1.29 is 9.90 Å². The standard InChI is InChI=1S/C13H14ClNO2/c1-3-5-10(4-2)15-12-8-9(14)6-7-11(12)13(16)17/h2,6-8,10,15H,3,5H2,1H3,(H,16,17). The number of nitrogens with one attached hydrogen (secondary N) is 1. The van der Waals surface area contributed by atoms with Gasteiger partial charge in [-0.25, -0.2) is 4.79 Å². The molecule has 3 nitrogen and oxygen atoms in total. The molecule has 4 heteroatoms. The Hall–Kier alpha value is -1.66. The monoisotopic (exact) mass is 251 g/mol. The molecule has 0 amide bonds. The van der Waals surface area contributed by atoms with Crippen LogP contribution in [0.15, 0.2) is 18.2 Å². The summed E-state index contributed by atoms with van der Waals surface area (Å²) in [5.41, 5.74) is 0.632. The smallest absolute Gasteiger partial charge is 0.337 e. The Morgan fingerprint density at radius 2 is 2.35 bits per heavy atom. The van der Waals surface area contributed by atoms with E-state index in [1.165, 1.54) is 6.07 Å². The fourth-order valence-corrected chi connectivity index (χ4v) is 1.67. The van der Waals surface area contributed by atoms with Crippen LogP contribution in [0.5, 0.6) is 0 Å². The van der Waals surface area contributed by atoms with Crippen LogP contribution >= 0.6 is 11.6 Å². The first kappa shape index (κ1) is 13.4. The molecular formula is C13H14ClNO2. The number of rotatable bonds is 5. The first-order chi connectivity index (χ1) is 8.08. The third-order valence-corrected chi connectivity index (χ3v) is 2.56. The van der Waals surface area contributed by atoms with Crippen LogP contribution in [0.3, 0.4) is 0 Å². The Bertz CT molecular complexity index is 451. The van der Waals surface area contributed by atoms with Gasteiger partial charge < -0.3 is 10.4 Å². The van der Waals surface area contributed by atoms with Gasteiger partial charge in [0.15, 0.2) is 0 Å². The Morgan fingerprint density at radius 3 is 2.88 bits per heavy atom. The number of terminal acetylenes is 1. The normalized spacial score (nSPS) is 11.6. The molecule has 1 atom stereocenters. The molecule has 0 aliphatic heterocycles. The molecule has 1 aromatic carbocycles. The van der Waals surface area contributed by atoms with Crippen LogP contribution in [0.2, 0.25) is 5.02 Å². The second-order valence-electron chi connectivity index (χ2n) is 3.65. The summed E-state index contributed by atoms with van der Waals surface area (Å²) in [7, 11) is 0. The average molecular weight is 252 g/mol. The summed E-state index contributed by atoms with van der Waals surface area (Å²) in [6, 6.07) is 4.40. The van der Waals surface area contributed by atoms with E-state index in [0.29, 0.717) is 10.7 Å². The van der Waals surface area contributed by atoms with Crippen molar-refractivity contribution in [1.82, 2.24) is 0 Å². The highest BCUT2D eigenvalue weighted by Crippen LogP contribution is 2.22. The van der Waals surface area contributed by atoms with Crippen molar-refractivity contribution in [2.24, 2.45) is 0 Å². The number of anilines is 1. The van der Waals surface area contributed by atoms with Gasteiger partial charge in [-0.15, -0.1) is 6.42 Å². The molecular weight excluding hydrogens is 238 g/mol. The van der Waals surface area contributed by atoms with Gasteiger partial charge in [0, 0.05) is 5.02 Å². The van der Waals surface area contributed by atoms with Crippen molar-refractivity contribution in [3.05, 3.63) is 28.8 Å². The van der Waals surface area contributed by atoms with E-state index in [1.54, 1.807) is 12.1 Å². The number of hydrogen-bond donors (Lipinski definition) is 2. The summed E-state index contributed by atoms with van der Waals surface area (Å²) < 4.78 is 0. The molecule has 0 radical (unpaired) electrons. The Labute approximate surface area is 106 Å². The van der Waals surface area contributed by atoms with Gasteiger partial charge >= 0.3 is 5.97 Å². The molecule has 0 saturated heterocycles. The number of carboxylic acids is 1. The molecule has 2 N–H and O–H groups in total. The van der Waals surface area contributed by atoms with E-state index in [0.717, 1.165) is 12.8 Å². The predicted octanol–water partition coefficient (Wildman–Crippen LogP) is 3.25. The number of halogens is 1. The van der Waals surface area contributed by atoms with Crippen LogP contribution in [0, 0.1) is 12.3 Å². The zero-order valence-corrected chi connectivity index (χ0v) is 10.3. The van der Waals surface area contributed by atoms with Gasteiger partial charge in [-0.05, 0) is 24.6 Å². The van der Waals surface area contributed by atoms with Crippen LogP contribution < -0.4 is 5.32 Å². The summed E-state index contributed by atoms with van der Waals surface area (Å²) in [4.78, 5) is 11.0. The minimum atomic E-state index is -1.00. The number of hydrogen-bond acceptors (Lipinski definition) is 2. The lowest BCUT2D eigenvalue weighted by Crippen LogP contribution is -2.18. The van der Waals surface area contributed by atoms with Gasteiger partial charge in [0.1, 0.15) is 0 Å². The van der Waals surface area contributed by atoms with Crippen LogP contribution in [0.1, 0.15) is 30.1 Å². The third-order valence-electron chi connectivity index (χ3n) is 2.32. The number of aromatic carboxylic acids is 1. The lowest BCUT2D eigenvalue weighted by atomic mass is 10.1. The van der Waals surface area contributed by atoms with E-state index in [4.69, 9.17) is 23.1 Å².